The quantitative estimate of drug-likeness (QED) is 0.584. The van der Waals surface area contributed by atoms with Gasteiger partial charge in [-0.3, -0.25) is 0 Å². The van der Waals surface area contributed by atoms with Crippen molar-refractivity contribution in [3.8, 4) is 0 Å². The summed E-state index contributed by atoms with van der Waals surface area (Å²) in [5, 5.41) is 9.84. The summed E-state index contributed by atoms with van der Waals surface area (Å²) in [4.78, 5) is 9.60. The predicted molar refractivity (Wildman–Crippen MR) is 28.3 cm³/mol. The van der Waals surface area contributed by atoms with Crippen molar-refractivity contribution in [2.24, 2.45) is 0 Å². The number of aliphatic carboxylic acids is 1. The van der Waals surface area contributed by atoms with Crippen LogP contribution in [0.1, 0.15) is 6.92 Å². The molecule has 0 rings (SSSR count). The Morgan fingerprint density at radius 1 is 1.62 bits per heavy atom. The predicted octanol–water partition coefficient (Wildman–Crippen LogP) is 1.23. The Morgan fingerprint density at radius 2 is 1.75 bits per heavy atom. The van der Waals surface area contributed by atoms with Gasteiger partial charge in [0.25, 0.3) is 0 Å². The SMILES string of the molecule is C=C(C)C(=O)O.[CH3][Au]. The van der Waals surface area contributed by atoms with Crippen LogP contribution in [0.25, 0.3) is 0 Å². The molecule has 0 heterocycles. The molecule has 0 aliphatic carbocycles. The first-order chi connectivity index (χ1) is 3.64. The Morgan fingerprint density at radius 3 is 1.75 bits per heavy atom. The third-order valence-corrected chi connectivity index (χ3v) is 0.365. The third-order valence-electron chi connectivity index (χ3n) is 0.365. The molecule has 0 spiro atoms. The van der Waals surface area contributed by atoms with E-state index in [9.17, 15) is 4.79 Å². The summed E-state index contributed by atoms with van der Waals surface area (Å²) in [7, 11) is 0. The van der Waals surface area contributed by atoms with Gasteiger partial charge in [-0.05, 0) is 6.92 Å². The maximum absolute atomic E-state index is 9.60. The number of hydrogen-bond acceptors (Lipinski definition) is 1. The molecule has 0 aromatic carbocycles. The monoisotopic (exact) mass is 298 g/mol. The van der Waals surface area contributed by atoms with E-state index >= 15 is 0 Å². The maximum atomic E-state index is 9.60. The Kier molecular flexibility index (Phi) is 9.42. The first kappa shape index (κ1) is 10.8. The second kappa shape index (κ2) is 6.95. The molecular formula is C5H9AuO2. The Labute approximate surface area is 61.5 Å². The van der Waals surface area contributed by atoms with Crippen molar-refractivity contribution in [1.82, 2.24) is 0 Å². The fraction of sp³-hybridized carbons (Fsp3) is 0.400. The van der Waals surface area contributed by atoms with Crippen molar-refractivity contribution in [3.05, 3.63) is 12.2 Å². The van der Waals surface area contributed by atoms with E-state index in [0.717, 1.165) is 0 Å². The van der Waals surface area contributed by atoms with E-state index in [-0.39, 0.29) is 5.57 Å². The van der Waals surface area contributed by atoms with Crippen molar-refractivity contribution in [1.29, 1.82) is 0 Å². The molecule has 0 bridgehead atoms. The van der Waals surface area contributed by atoms with Gasteiger partial charge in [0.15, 0.2) is 0 Å². The summed E-state index contributed by atoms with van der Waals surface area (Å²) in [5.41, 5.74) is 0.176. The molecule has 52 valence electrons. The van der Waals surface area contributed by atoms with E-state index in [4.69, 9.17) is 5.11 Å². The van der Waals surface area contributed by atoms with E-state index in [1.165, 1.54) is 6.92 Å². The molecule has 3 heteroatoms. The number of rotatable bonds is 1. The Bertz CT molecular complexity index is 76.4. The zero-order chi connectivity index (χ0) is 7.15. The minimum absolute atomic E-state index is 0.176. The van der Waals surface area contributed by atoms with Gasteiger partial charge in [-0.15, -0.1) is 0 Å². The van der Waals surface area contributed by atoms with Crippen molar-refractivity contribution in [3.63, 3.8) is 0 Å². The van der Waals surface area contributed by atoms with Gasteiger partial charge < -0.3 is 5.11 Å². The van der Waals surface area contributed by atoms with Crippen molar-refractivity contribution in [2.75, 3.05) is 0 Å². The fourth-order valence-corrected chi connectivity index (χ4v) is 0. The van der Waals surface area contributed by atoms with Gasteiger partial charge in [0.2, 0.25) is 0 Å². The van der Waals surface area contributed by atoms with Crippen LogP contribution in [0.4, 0.5) is 0 Å². The van der Waals surface area contributed by atoms with Gasteiger partial charge in [-0.1, -0.05) is 6.58 Å². The van der Waals surface area contributed by atoms with E-state index in [1.54, 1.807) is 0 Å². The van der Waals surface area contributed by atoms with Crippen LogP contribution in [0.5, 0.6) is 0 Å². The number of hydrogen-bond donors (Lipinski definition) is 1. The Balaban J connectivity index is 0. The molecule has 0 aromatic rings. The van der Waals surface area contributed by atoms with Gasteiger partial charge in [0.1, 0.15) is 0 Å². The van der Waals surface area contributed by atoms with Crippen LogP contribution in [0.3, 0.4) is 0 Å². The van der Waals surface area contributed by atoms with Gasteiger partial charge in [0.05, 0.1) is 0 Å². The molecular weight excluding hydrogens is 289 g/mol. The fourth-order valence-electron chi connectivity index (χ4n) is 0. The molecule has 0 radical (unpaired) electrons. The molecule has 0 saturated carbocycles. The average Bonchev–Trinajstić information content (AvgIpc) is 1.72. The molecule has 0 unspecified atom stereocenters. The van der Waals surface area contributed by atoms with Crippen molar-refractivity contribution in [2.45, 2.75) is 12.1 Å². The number of carboxylic acid groups (broad SMARTS) is 1. The first-order valence-corrected chi connectivity index (χ1v) is 4.00. The third kappa shape index (κ3) is 9.34. The van der Waals surface area contributed by atoms with Crippen LogP contribution in [0.15, 0.2) is 12.2 Å². The normalized spacial score (nSPS) is 6.50. The standard InChI is InChI=1S/C4H6O2.CH3.Au/c1-3(2)4(5)6;;/h1H2,2H3,(H,5,6);1H3;. The zero-order valence-electron chi connectivity index (χ0n) is 4.86. The number of carbonyl (C=O) groups is 1. The topological polar surface area (TPSA) is 37.3 Å². The minimum atomic E-state index is -0.935. The molecule has 0 amide bonds. The van der Waals surface area contributed by atoms with Crippen LogP contribution >= 0.6 is 0 Å². The second-order valence-electron chi connectivity index (χ2n) is 1.09. The second-order valence-corrected chi connectivity index (χ2v) is 1.09. The number of carboxylic acids is 1. The molecule has 0 fully saturated rings. The van der Waals surface area contributed by atoms with Gasteiger partial charge >= 0.3 is 32.2 Å². The molecule has 0 aliphatic heterocycles. The van der Waals surface area contributed by atoms with Crippen LogP contribution in [0.2, 0.25) is 5.14 Å². The van der Waals surface area contributed by atoms with Crippen LogP contribution in [-0.2, 0) is 25.9 Å². The molecule has 1 N–H and O–H groups in total. The summed E-state index contributed by atoms with van der Waals surface area (Å²) < 4.78 is 0. The first-order valence-electron chi connectivity index (χ1n) is 1.83. The van der Waals surface area contributed by atoms with Crippen molar-refractivity contribution >= 4 is 5.97 Å². The van der Waals surface area contributed by atoms with Crippen LogP contribution < -0.4 is 0 Å². The summed E-state index contributed by atoms with van der Waals surface area (Å²) in [6, 6.07) is 0. The summed E-state index contributed by atoms with van der Waals surface area (Å²) in [6.07, 6.45) is 0. The summed E-state index contributed by atoms with van der Waals surface area (Å²) in [5.74, 6) is -0.935. The van der Waals surface area contributed by atoms with E-state index < -0.39 is 5.97 Å². The molecule has 0 saturated heterocycles. The zero-order valence-corrected chi connectivity index (χ0v) is 7.03. The van der Waals surface area contributed by atoms with E-state index in [0.29, 0.717) is 0 Å². The van der Waals surface area contributed by atoms with E-state index in [1.807, 2.05) is 5.14 Å². The van der Waals surface area contributed by atoms with Crippen LogP contribution in [0, 0.1) is 0 Å². The molecule has 0 aliphatic rings. The Hall–Kier alpha value is -0.0497. The van der Waals surface area contributed by atoms with Crippen molar-refractivity contribution < 1.29 is 31.0 Å². The van der Waals surface area contributed by atoms with E-state index in [2.05, 4.69) is 27.6 Å². The van der Waals surface area contributed by atoms with Gasteiger partial charge in [-0.25, -0.2) is 4.79 Å². The summed E-state index contributed by atoms with van der Waals surface area (Å²) >= 11 is 2.28. The molecule has 2 nitrogen and oxygen atoms in total. The van der Waals surface area contributed by atoms with Gasteiger partial charge in [0, 0.05) is 5.57 Å². The average molecular weight is 298 g/mol. The summed E-state index contributed by atoms with van der Waals surface area (Å²) in [6.45, 7) is 4.60. The molecule has 8 heavy (non-hydrogen) atoms. The molecule has 0 atom stereocenters. The van der Waals surface area contributed by atoms with Crippen LogP contribution in [-0.4, -0.2) is 11.1 Å². The van der Waals surface area contributed by atoms with Gasteiger partial charge in [-0.2, -0.15) is 0 Å². The molecule has 0 aromatic heterocycles.